The Labute approximate surface area is 152 Å². The molecule has 1 unspecified atom stereocenters. The second kappa shape index (κ2) is 7.05. The third-order valence-electron chi connectivity index (χ3n) is 5.69. The zero-order valence-electron chi connectivity index (χ0n) is 14.6. The van der Waals surface area contributed by atoms with Crippen molar-refractivity contribution in [1.82, 2.24) is 9.80 Å². The Hall–Kier alpha value is -1.44. The second-order valence-corrected chi connectivity index (χ2v) is 8.50. The predicted octanol–water partition coefficient (Wildman–Crippen LogP) is 1.44. The van der Waals surface area contributed by atoms with Crippen molar-refractivity contribution in [2.45, 2.75) is 44.6 Å². The predicted molar refractivity (Wildman–Crippen MR) is 99.1 cm³/mol. The fourth-order valence-corrected chi connectivity index (χ4v) is 5.79. The van der Waals surface area contributed by atoms with Crippen LogP contribution in [0.3, 0.4) is 0 Å². The molecule has 1 aromatic rings. The number of hydrogen-bond donors (Lipinski definition) is 2. The smallest absolute Gasteiger partial charge is 0.251 e. The van der Waals surface area contributed by atoms with Crippen LogP contribution in [0.5, 0.6) is 0 Å². The molecule has 4 rings (SSSR count). The van der Waals surface area contributed by atoms with Crippen LogP contribution < -0.4 is 11.1 Å². The third-order valence-corrected chi connectivity index (χ3v) is 6.90. The number of hydrogen-bond acceptors (Lipinski definition) is 5. The van der Waals surface area contributed by atoms with E-state index in [1.54, 1.807) is 0 Å². The molecule has 2 fully saturated rings. The van der Waals surface area contributed by atoms with Crippen molar-refractivity contribution in [3.8, 4) is 0 Å². The van der Waals surface area contributed by atoms with E-state index in [2.05, 4.69) is 15.1 Å². The molecule has 0 saturated carbocycles. The first-order chi connectivity index (χ1) is 12.1. The highest BCUT2D eigenvalue weighted by Gasteiger charge is 2.31. The highest BCUT2D eigenvalue weighted by molar-refractivity contribution is 7.17. The van der Waals surface area contributed by atoms with Gasteiger partial charge in [-0.05, 0) is 57.2 Å². The molecular formula is C18H26N4O2S. The van der Waals surface area contributed by atoms with Crippen LogP contribution in [-0.4, -0.2) is 60.4 Å². The van der Waals surface area contributed by atoms with Gasteiger partial charge in [0.2, 0.25) is 5.91 Å². The molecule has 0 radical (unpaired) electrons. The number of primary amides is 1. The summed E-state index contributed by atoms with van der Waals surface area (Å²) in [5.74, 6) is -0.463. The first-order valence-corrected chi connectivity index (χ1v) is 10.1. The second-order valence-electron chi connectivity index (χ2n) is 7.39. The lowest BCUT2D eigenvalue weighted by Gasteiger charge is -2.23. The Bertz CT molecular complexity index is 681. The summed E-state index contributed by atoms with van der Waals surface area (Å²) in [7, 11) is 0. The summed E-state index contributed by atoms with van der Waals surface area (Å²) in [4.78, 5) is 30.3. The van der Waals surface area contributed by atoms with Crippen molar-refractivity contribution in [2.75, 3.05) is 38.0 Å². The van der Waals surface area contributed by atoms with Crippen molar-refractivity contribution in [2.24, 2.45) is 5.73 Å². The molecule has 2 amide bonds. The molecule has 0 spiro atoms. The normalized spacial score (nSPS) is 23.9. The average molecular weight is 362 g/mol. The van der Waals surface area contributed by atoms with Crippen LogP contribution in [0.25, 0.3) is 0 Å². The monoisotopic (exact) mass is 362 g/mol. The number of carbonyl (C=O) groups is 2. The van der Waals surface area contributed by atoms with Gasteiger partial charge in [0.15, 0.2) is 0 Å². The van der Waals surface area contributed by atoms with Gasteiger partial charge in [-0.3, -0.25) is 19.4 Å². The number of fused-ring (bicyclic) bond motifs is 1. The molecule has 25 heavy (non-hydrogen) atoms. The molecule has 3 heterocycles. The highest BCUT2D eigenvalue weighted by atomic mass is 32.1. The quantitative estimate of drug-likeness (QED) is 0.831. The molecule has 3 aliphatic rings. The Kier molecular flexibility index (Phi) is 4.80. The van der Waals surface area contributed by atoms with E-state index in [4.69, 9.17) is 5.73 Å². The van der Waals surface area contributed by atoms with Crippen LogP contribution in [0.2, 0.25) is 0 Å². The maximum Gasteiger partial charge on any atom is 0.251 e. The molecule has 0 bridgehead atoms. The maximum absolute atomic E-state index is 12.5. The molecule has 136 valence electrons. The fourth-order valence-electron chi connectivity index (χ4n) is 4.48. The minimum absolute atomic E-state index is 0.0375. The number of nitrogens with one attached hydrogen (secondary N) is 1. The third kappa shape index (κ3) is 3.45. The number of rotatable bonds is 5. The van der Waals surface area contributed by atoms with Crippen LogP contribution in [0.1, 0.15) is 46.5 Å². The van der Waals surface area contributed by atoms with Crippen LogP contribution in [0.4, 0.5) is 5.00 Å². The van der Waals surface area contributed by atoms with E-state index in [-0.39, 0.29) is 5.91 Å². The molecule has 1 atom stereocenters. The average Bonchev–Trinajstić information content (AvgIpc) is 3.30. The molecular weight excluding hydrogens is 336 g/mol. The van der Waals surface area contributed by atoms with E-state index in [0.29, 0.717) is 23.2 Å². The van der Waals surface area contributed by atoms with E-state index in [9.17, 15) is 9.59 Å². The van der Waals surface area contributed by atoms with E-state index < -0.39 is 5.91 Å². The van der Waals surface area contributed by atoms with E-state index in [1.807, 2.05) is 0 Å². The number of aryl methyl sites for hydroxylation is 1. The summed E-state index contributed by atoms with van der Waals surface area (Å²) in [6.07, 6.45) is 6.70. The summed E-state index contributed by atoms with van der Waals surface area (Å²) in [6, 6.07) is 0.599. The summed E-state index contributed by atoms with van der Waals surface area (Å²) in [5.41, 5.74) is 7.16. The van der Waals surface area contributed by atoms with Gasteiger partial charge in [0.05, 0.1) is 12.1 Å². The van der Waals surface area contributed by atoms with Gasteiger partial charge in [-0.1, -0.05) is 0 Å². The zero-order valence-corrected chi connectivity index (χ0v) is 15.4. The number of anilines is 1. The van der Waals surface area contributed by atoms with Gasteiger partial charge in [-0.25, -0.2) is 0 Å². The molecule has 2 saturated heterocycles. The fraction of sp³-hybridized carbons (Fsp3) is 0.667. The van der Waals surface area contributed by atoms with Crippen molar-refractivity contribution in [3.63, 3.8) is 0 Å². The largest absolute Gasteiger partial charge is 0.365 e. The lowest BCUT2D eigenvalue weighted by molar-refractivity contribution is -0.117. The van der Waals surface area contributed by atoms with Gasteiger partial charge in [-0.2, -0.15) is 0 Å². The van der Waals surface area contributed by atoms with Crippen LogP contribution in [0, 0.1) is 0 Å². The standard InChI is InChI=1S/C18H26N4O2S/c19-17(24)16-13-4-3-5-14(13)25-18(16)20-15(23)11-21-9-6-12(10-21)22-7-1-2-8-22/h12H,1-11H2,(H2,19,24)(H,20,23). The zero-order chi connectivity index (χ0) is 17.4. The van der Waals surface area contributed by atoms with Crippen molar-refractivity contribution >= 4 is 28.2 Å². The Morgan fingerprint density at radius 2 is 1.96 bits per heavy atom. The summed E-state index contributed by atoms with van der Waals surface area (Å²) in [5, 5.41) is 3.61. The van der Waals surface area contributed by atoms with Crippen LogP contribution in [-0.2, 0) is 17.6 Å². The van der Waals surface area contributed by atoms with E-state index >= 15 is 0 Å². The van der Waals surface area contributed by atoms with Gasteiger partial charge in [0.1, 0.15) is 5.00 Å². The Morgan fingerprint density at radius 3 is 2.72 bits per heavy atom. The Balaban J connectivity index is 1.36. The van der Waals surface area contributed by atoms with Crippen LogP contribution in [0.15, 0.2) is 0 Å². The lowest BCUT2D eigenvalue weighted by atomic mass is 10.1. The molecule has 6 nitrogen and oxygen atoms in total. The van der Waals surface area contributed by atoms with Crippen molar-refractivity contribution < 1.29 is 9.59 Å². The number of nitrogens with zero attached hydrogens (tertiary/aromatic N) is 2. The van der Waals surface area contributed by atoms with Gasteiger partial charge in [-0.15, -0.1) is 11.3 Å². The van der Waals surface area contributed by atoms with E-state index in [0.717, 1.165) is 44.3 Å². The minimum atomic E-state index is -0.426. The number of amides is 2. The number of likely N-dealkylation sites (tertiary alicyclic amines) is 2. The first-order valence-electron chi connectivity index (χ1n) is 9.32. The SMILES string of the molecule is NC(=O)c1c(NC(=O)CN2CCC(N3CCCC3)C2)sc2c1CCC2. The van der Waals surface area contributed by atoms with E-state index in [1.165, 1.54) is 42.1 Å². The van der Waals surface area contributed by atoms with Gasteiger partial charge >= 0.3 is 0 Å². The summed E-state index contributed by atoms with van der Waals surface area (Å²) >= 11 is 1.52. The minimum Gasteiger partial charge on any atom is -0.365 e. The summed E-state index contributed by atoms with van der Waals surface area (Å²) in [6.45, 7) is 4.74. The topological polar surface area (TPSA) is 78.7 Å². The number of nitrogens with two attached hydrogens (primary N) is 1. The van der Waals surface area contributed by atoms with Crippen molar-refractivity contribution in [3.05, 3.63) is 16.0 Å². The number of thiophene rings is 1. The van der Waals surface area contributed by atoms with Crippen molar-refractivity contribution in [1.29, 1.82) is 0 Å². The van der Waals surface area contributed by atoms with Gasteiger partial charge < -0.3 is 11.1 Å². The molecule has 1 aromatic heterocycles. The number of carbonyl (C=O) groups excluding carboxylic acids is 2. The van der Waals surface area contributed by atoms with Crippen LogP contribution >= 0.6 is 11.3 Å². The molecule has 7 heteroatoms. The van der Waals surface area contributed by atoms with Gasteiger partial charge in [0.25, 0.3) is 5.91 Å². The Morgan fingerprint density at radius 1 is 1.16 bits per heavy atom. The highest BCUT2D eigenvalue weighted by Crippen LogP contribution is 2.38. The molecule has 1 aliphatic carbocycles. The lowest BCUT2D eigenvalue weighted by Crippen LogP contribution is -2.37. The molecule has 2 aliphatic heterocycles. The first kappa shape index (κ1) is 17.0. The molecule has 0 aromatic carbocycles. The van der Waals surface area contributed by atoms with Gasteiger partial charge in [0, 0.05) is 24.0 Å². The maximum atomic E-state index is 12.5. The summed E-state index contributed by atoms with van der Waals surface area (Å²) < 4.78 is 0. The molecule has 3 N–H and O–H groups in total.